The maximum atomic E-state index is 9.36. The van der Waals surface area contributed by atoms with E-state index < -0.39 is 11.9 Å². The molecule has 0 amide bonds. The molecular weight excluding hydrogens is 458 g/mol. The number of nitrogens with zero attached hydrogens (tertiary/aromatic N) is 2. The van der Waals surface area contributed by atoms with Crippen LogP contribution in [0.1, 0.15) is 35.6 Å². The zero-order valence-electron chi connectivity index (χ0n) is 18.2. The fraction of sp³-hybridized carbons (Fsp3) is 0.200. The summed E-state index contributed by atoms with van der Waals surface area (Å²) < 4.78 is 6.22. The number of ether oxygens (including phenoxy) is 1. The number of aliphatic carboxylic acids is 2. The molecule has 8 nitrogen and oxygen atoms in total. The van der Waals surface area contributed by atoms with Crippen molar-refractivity contribution in [1.82, 2.24) is 10.3 Å². The van der Waals surface area contributed by atoms with Crippen LogP contribution < -0.4 is 10.1 Å². The lowest BCUT2D eigenvalue weighted by Gasteiger charge is -2.21. The van der Waals surface area contributed by atoms with Gasteiger partial charge in [-0.05, 0) is 48.7 Å². The Morgan fingerprint density at radius 1 is 1.09 bits per heavy atom. The van der Waals surface area contributed by atoms with E-state index in [4.69, 9.17) is 36.1 Å². The Kier molecular flexibility index (Phi) is 11.0. The van der Waals surface area contributed by atoms with Gasteiger partial charge in [0.2, 0.25) is 0 Å². The van der Waals surface area contributed by atoms with Crippen LogP contribution in [0.3, 0.4) is 0 Å². The molecule has 0 radical (unpaired) electrons. The number of carboxylic acid groups (broad SMARTS) is 2. The molecule has 0 aliphatic carbocycles. The Labute approximate surface area is 202 Å². The number of nitrogens with one attached hydrogen (secondary N) is 1. The summed E-state index contributed by atoms with van der Waals surface area (Å²) >= 11 is 6.10. The maximum Gasteiger partial charge on any atom is 0.414 e. The van der Waals surface area contributed by atoms with Crippen LogP contribution in [0, 0.1) is 11.3 Å². The van der Waals surface area contributed by atoms with E-state index in [0.717, 1.165) is 37.1 Å². The predicted octanol–water partition coefficient (Wildman–Crippen LogP) is 4.45. The minimum Gasteiger partial charge on any atom is -0.484 e. The minimum atomic E-state index is -1.82. The molecule has 0 spiro atoms. The maximum absolute atomic E-state index is 9.36. The molecule has 0 aliphatic rings. The number of nitriles is 1. The molecule has 9 heteroatoms. The highest BCUT2D eigenvalue weighted by Crippen LogP contribution is 2.30. The predicted molar refractivity (Wildman–Crippen MR) is 126 cm³/mol. The van der Waals surface area contributed by atoms with Crippen molar-refractivity contribution < 1.29 is 24.5 Å². The molecule has 0 saturated heterocycles. The van der Waals surface area contributed by atoms with Crippen molar-refractivity contribution in [1.29, 1.82) is 5.26 Å². The molecule has 1 heterocycles. The fourth-order valence-corrected chi connectivity index (χ4v) is 3.11. The molecule has 0 saturated carbocycles. The highest BCUT2D eigenvalue weighted by atomic mass is 35.5. The highest BCUT2D eigenvalue weighted by molar-refractivity contribution is 6.30. The van der Waals surface area contributed by atoms with Crippen molar-refractivity contribution in [2.24, 2.45) is 0 Å². The van der Waals surface area contributed by atoms with Crippen molar-refractivity contribution in [3.05, 3.63) is 94.8 Å². The van der Waals surface area contributed by atoms with Gasteiger partial charge < -0.3 is 20.3 Å². The van der Waals surface area contributed by atoms with Gasteiger partial charge in [-0.3, -0.25) is 4.98 Å². The number of carboxylic acids is 2. The van der Waals surface area contributed by atoms with Gasteiger partial charge in [-0.15, -0.1) is 0 Å². The number of aromatic nitrogens is 1. The lowest BCUT2D eigenvalue weighted by atomic mass is 10.0. The Morgan fingerprint density at radius 3 is 2.44 bits per heavy atom. The van der Waals surface area contributed by atoms with Gasteiger partial charge >= 0.3 is 11.9 Å². The van der Waals surface area contributed by atoms with Gasteiger partial charge in [0.15, 0.2) is 0 Å². The lowest BCUT2D eigenvalue weighted by Crippen LogP contribution is -2.17. The van der Waals surface area contributed by atoms with E-state index >= 15 is 0 Å². The smallest absolute Gasteiger partial charge is 0.414 e. The zero-order chi connectivity index (χ0) is 24.8. The van der Waals surface area contributed by atoms with E-state index in [1.165, 1.54) is 0 Å². The monoisotopic (exact) mass is 481 g/mol. The summed E-state index contributed by atoms with van der Waals surface area (Å²) in [7, 11) is 0. The van der Waals surface area contributed by atoms with E-state index in [1.54, 1.807) is 24.4 Å². The molecule has 2 aromatic carbocycles. The third kappa shape index (κ3) is 9.28. The van der Waals surface area contributed by atoms with Gasteiger partial charge in [0.1, 0.15) is 17.9 Å². The zero-order valence-corrected chi connectivity index (χ0v) is 19.0. The van der Waals surface area contributed by atoms with Crippen LogP contribution in [0.15, 0.2) is 73.1 Å². The second-order valence-electron chi connectivity index (χ2n) is 7.06. The average Bonchev–Trinajstić information content (AvgIpc) is 2.85. The first-order valence-corrected chi connectivity index (χ1v) is 10.8. The summed E-state index contributed by atoms with van der Waals surface area (Å²) in [6.07, 6.45) is 5.25. The molecule has 1 atom stereocenters. The van der Waals surface area contributed by atoms with Crippen LogP contribution in [0.25, 0.3) is 0 Å². The number of hydrogen-bond donors (Lipinski definition) is 3. The summed E-state index contributed by atoms with van der Waals surface area (Å²) in [4.78, 5) is 22.3. The first-order valence-electron chi connectivity index (χ1n) is 10.4. The van der Waals surface area contributed by atoms with E-state index in [0.29, 0.717) is 16.3 Å². The van der Waals surface area contributed by atoms with Crippen molar-refractivity contribution in [2.45, 2.75) is 25.5 Å². The largest absolute Gasteiger partial charge is 0.484 e. The average molecular weight is 482 g/mol. The second kappa shape index (κ2) is 14.3. The standard InChI is InChI=1S/C23H22ClN3O.C2H2O4/c24-21-11-10-20(15-25)23(14-21)28-22(19-7-2-1-3-8-19)9-5-13-27-17-18-6-4-12-26-16-18;3-1(4)2(5)6/h1-4,6-8,10-12,14,16,22,27H,5,9,13,17H2;(H,3,4)(H,5,6)/t22-;/m1./s1. The number of rotatable bonds is 9. The van der Waals surface area contributed by atoms with Gasteiger partial charge in [0.05, 0.1) is 5.56 Å². The molecule has 3 N–H and O–H groups in total. The summed E-state index contributed by atoms with van der Waals surface area (Å²) in [6.45, 7) is 1.65. The molecule has 3 rings (SSSR count). The van der Waals surface area contributed by atoms with Gasteiger partial charge in [0, 0.05) is 30.0 Å². The van der Waals surface area contributed by atoms with Crippen LogP contribution in [0.5, 0.6) is 5.75 Å². The highest BCUT2D eigenvalue weighted by Gasteiger charge is 2.15. The Hall–Kier alpha value is -3.93. The molecule has 0 bridgehead atoms. The molecular formula is C25H24ClN3O5. The molecule has 34 heavy (non-hydrogen) atoms. The first-order chi connectivity index (χ1) is 16.4. The van der Waals surface area contributed by atoms with Crippen molar-refractivity contribution >= 4 is 23.5 Å². The normalized spacial score (nSPS) is 10.8. The number of halogens is 1. The Morgan fingerprint density at radius 2 is 1.82 bits per heavy atom. The Balaban J connectivity index is 0.000000604. The van der Waals surface area contributed by atoms with E-state index in [1.807, 2.05) is 42.6 Å². The van der Waals surface area contributed by atoms with Gasteiger partial charge in [0.25, 0.3) is 0 Å². The quantitative estimate of drug-likeness (QED) is 0.301. The molecule has 0 aliphatic heterocycles. The SMILES string of the molecule is N#Cc1ccc(Cl)cc1O[C@H](CCCNCc1cccnc1)c1ccccc1.O=C(O)C(=O)O. The third-order valence-electron chi connectivity index (χ3n) is 4.56. The number of pyridine rings is 1. The van der Waals surface area contributed by atoms with E-state index in [2.05, 4.69) is 22.4 Å². The van der Waals surface area contributed by atoms with Crippen molar-refractivity contribution in [3.8, 4) is 11.8 Å². The number of benzene rings is 2. The Bertz CT molecular complexity index is 1090. The molecule has 0 unspecified atom stereocenters. The fourth-order valence-electron chi connectivity index (χ4n) is 2.95. The van der Waals surface area contributed by atoms with Crippen LogP contribution >= 0.6 is 11.6 Å². The van der Waals surface area contributed by atoms with E-state index in [-0.39, 0.29) is 6.10 Å². The molecule has 3 aromatic rings. The first kappa shape index (κ1) is 26.3. The minimum absolute atomic E-state index is 0.146. The van der Waals surface area contributed by atoms with Gasteiger partial charge in [-0.2, -0.15) is 5.26 Å². The van der Waals surface area contributed by atoms with Crippen LogP contribution in [-0.2, 0) is 16.1 Å². The van der Waals surface area contributed by atoms with Crippen LogP contribution in [-0.4, -0.2) is 33.7 Å². The lowest BCUT2D eigenvalue weighted by molar-refractivity contribution is -0.159. The van der Waals surface area contributed by atoms with Crippen LogP contribution in [0.4, 0.5) is 0 Å². The topological polar surface area (TPSA) is 133 Å². The van der Waals surface area contributed by atoms with Gasteiger partial charge in [-0.25, -0.2) is 9.59 Å². The summed E-state index contributed by atoms with van der Waals surface area (Å²) in [6, 6.07) is 21.3. The molecule has 0 fully saturated rings. The summed E-state index contributed by atoms with van der Waals surface area (Å²) in [5, 5.41) is 28.1. The number of hydrogen-bond acceptors (Lipinski definition) is 6. The second-order valence-corrected chi connectivity index (χ2v) is 7.50. The molecule has 1 aromatic heterocycles. The summed E-state index contributed by atoms with van der Waals surface area (Å²) in [5.41, 5.74) is 2.73. The summed E-state index contributed by atoms with van der Waals surface area (Å²) in [5.74, 6) is -3.13. The van der Waals surface area contributed by atoms with Gasteiger partial charge in [-0.1, -0.05) is 48.0 Å². The van der Waals surface area contributed by atoms with Crippen LogP contribution in [0.2, 0.25) is 5.02 Å². The van der Waals surface area contributed by atoms with Crippen molar-refractivity contribution in [2.75, 3.05) is 6.54 Å². The number of carbonyl (C=O) groups is 2. The molecule has 176 valence electrons. The third-order valence-corrected chi connectivity index (χ3v) is 4.79. The van der Waals surface area contributed by atoms with Crippen molar-refractivity contribution in [3.63, 3.8) is 0 Å². The van der Waals surface area contributed by atoms with E-state index in [9.17, 15) is 5.26 Å².